The molecule has 1 aliphatic rings. The van der Waals surface area contributed by atoms with Gasteiger partial charge < -0.3 is 9.67 Å². The van der Waals surface area contributed by atoms with E-state index in [0.29, 0.717) is 6.54 Å². The summed E-state index contributed by atoms with van der Waals surface area (Å²) in [6, 6.07) is 8.39. The molecule has 3 nitrogen and oxygen atoms in total. The van der Waals surface area contributed by atoms with Crippen molar-refractivity contribution in [1.82, 2.24) is 4.57 Å². The Kier molecular flexibility index (Phi) is 3.05. The van der Waals surface area contributed by atoms with E-state index in [1.54, 1.807) is 0 Å². The fourth-order valence-electron chi connectivity index (χ4n) is 3.24. The second-order valence-corrected chi connectivity index (χ2v) is 5.59. The highest BCUT2D eigenvalue weighted by molar-refractivity contribution is 5.86. The third-order valence-corrected chi connectivity index (χ3v) is 4.17. The second kappa shape index (κ2) is 4.72. The molecule has 1 N–H and O–H groups in total. The second-order valence-electron chi connectivity index (χ2n) is 5.59. The Balaban J connectivity index is 2.12. The minimum absolute atomic E-state index is 0.195. The zero-order valence-corrected chi connectivity index (χ0v) is 11.2. The van der Waals surface area contributed by atoms with Gasteiger partial charge in [0.1, 0.15) is 0 Å². The summed E-state index contributed by atoms with van der Waals surface area (Å²) >= 11 is 0. The van der Waals surface area contributed by atoms with Crippen LogP contribution in [-0.4, -0.2) is 15.6 Å². The van der Waals surface area contributed by atoms with Crippen molar-refractivity contribution in [2.75, 3.05) is 0 Å². The van der Waals surface area contributed by atoms with E-state index in [1.165, 1.54) is 28.6 Å². The van der Waals surface area contributed by atoms with E-state index in [0.717, 1.165) is 18.8 Å². The van der Waals surface area contributed by atoms with Crippen LogP contribution in [0.2, 0.25) is 0 Å². The van der Waals surface area contributed by atoms with Crippen molar-refractivity contribution < 1.29 is 9.90 Å². The number of para-hydroxylation sites is 1. The van der Waals surface area contributed by atoms with Gasteiger partial charge in [-0.15, -0.1) is 0 Å². The van der Waals surface area contributed by atoms with Crippen LogP contribution >= 0.6 is 0 Å². The van der Waals surface area contributed by atoms with E-state index in [1.807, 2.05) is 6.07 Å². The van der Waals surface area contributed by atoms with Crippen LogP contribution in [0.5, 0.6) is 0 Å². The molecule has 0 bridgehead atoms. The van der Waals surface area contributed by atoms with Crippen LogP contribution < -0.4 is 0 Å². The Hall–Kier alpha value is -1.77. The number of aryl methyl sites for hydroxylation is 1. The smallest absolute Gasteiger partial charge is 0.305 e. The maximum absolute atomic E-state index is 10.8. The molecule has 3 heteroatoms. The molecule has 0 fully saturated rings. The first-order chi connectivity index (χ1) is 9.16. The lowest BCUT2D eigenvalue weighted by Crippen LogP contribution is -2.15. The van der Waals surface area contributed by atoms with E-state index >= 15 is 0 Å². The Morgan fingerprint density at radius 2 is 2.21 bits per heavy atom. The standard InChI is InChI=1S/C16H19NO2/c1-11-6-7-15-13(10-11)12-4-2-3-5-14(12)17(15)9-8-16(18)19/h2-5,11H,6-10H2,1H3,(H,18,19). The molecule has 100 valence electrons. The van der Waals surface area contributed by atoms with Gasteiger partial charge in [0, 0.05) is 23.1 Å². The number of hydrogen-bond donors (Lipinski definition) is 1. The van der Waals surface area contributed by atoms with Crippen LogP contribution in [0.15, 0.2) is 24.3 Å². The quantitative estimate of drug-likeness (QED) is 0.917. The molecule has 0 amide bonds. The Morgan fingerprint density at radius 3 is 3.00 bits per heavy atom. The van der Waals surface area contributed by atoms with Gasteiger partial charge in [0.05, 0.1) is 6.42 Å². The van der Waals surface area contributed by atoms with Crippen LogP contribution in [0.4, 0.5) is 0 Å². The fraction of sp³-hybridized carbons (Fsp3) is 0.438. The maximum Gasteiger partial charge on any atom is 0.305 e. The summed E-state index contributed by atoms with van der Waals surface area (Å²) in [5, 5.41) is 10.2. The van der Waals surface area contributed by atoms with Gasteiger partial charge in [-0.1, -0.05) is 25.1 Å². The minimum atomic E-state index is -0.726. The number of rotatable bonds is 3. The molecular formula is C16H19NO2. The Morgan fingerprint density at radius 1 is 1.42 bits per heavy atom. The summed E-state index contributed by atoms with van der Waals surface area (Å²) in [7, 11) is 0. The summed E-state index contributed by atoms with van der Waals surface area (Å²) in [5.74, 6) is 0.00179. The van der Waals surface area contributed by atoms with E-state index in [4.69, 9.17) is 5.11 Å². The van der Waals surface area contributed by atoms with Crippen LogP contribution in [0.1, 0.15) is 31.0 Å². The molecule has 1 aromatic heterocycles. The number of benzene rings is 1. The molecule has 0 spiro atoms. The number of nitrogens with zero attached hydrogens (tertiary/aromatic N) is 1. The van der Waals surface area contributed by atoms with Gasteiger partial charge in [0.25, 0.3) is 0 Å². The van der Waals surface area contributed by atoms with Crippen molar-refractivity contribution >= 4 is 16.9 Å². The Bertz CT molecular complexity index is 627. The van der Waals surface area contributed by atoms with Gasteiger partial charge in [-0.25, -0.2) is 0 Å². The third-order valence-electron chi connectivity index (χ3n) is 4.17. The first-order valence-corrected chi connectivity index (χ1v) is 6.97. The zero-order chi connectivity index (χ0) is 13.4. The maximum atomic E-state index is 10.8. The molecule has 1 aromatic carbocycles. The highest BCUT2D eigenvalue weighted by Gasteiger charge is 2.23. The van der Waals surface area contributed by atoms with Gasteiger partial charge in [0.2, 0.25) is 0 Å². The molecule has 1 aliphatic carbocycles. The van der Waals surface area contributed by atoms with Gasteiger partial charge in [0.15, 0.2) is 0 Å². The monoisotopic (exact) mass is 257 g/mol. The molecule has 0 saturated heterocycles. The SMILES string of the molecule is CC1CCc2c(c3ccccc3n2CCC(=O)O)C1. The summed E-state index contributed by atoms with van der Waals surface area (Å²) in [5.41, 5.74) is 4.00. The van der Waals surface area contributed by atoms with Crippen LogP contribution in [0.25, 0.3) is 10.9 Å². The number of carbonyl (C=O) groups is 1. The van der Waals surface area contributed by atoms with E-state index < -0.39 is 5.97 Å². The molecule has 1 atom stereocenters. The van der Waals surface area contributed by atoms with Gasteiger partial charge in [-0.3, -0.25) is 4.79 Å². The van der Waals surface area contributed by atoms with Crippen LogP contribution in [-0.2, 0) is 24.2 Å². The molecule has 0 saturated carbocycles. The van der Waals surface area contributed by atoms with E-state index in [2.05, 4.69) is 29.7 Å². The molecule has 1 unspecified atom stereocenters. The van der Waals surface area contributed by atoms with Gasteiger partial charge >= 0.3 is 5.97 Å². The fourth-order valence-corrected chi connectivity index (χ4v) is 3.24. The van der Waals surface area contributed by atoms with Crippen molar-refractivity contribution in [2.45, 2.75) is 39.2 Å². The number of hydrogen-bond acceptors (Lipinski definition) is 1. The molecule has 0 aliphatic heterocycles. The number of aromatic nitrogens is 1. The van der Waals surface area contributed by atoms with Crippen LogP contribution in [0.3, 0.4) is 0 Å². The van der Waals surface area contributed by atoms with Crippen molar-refractivity contribution in [3.63, 3.8) is 0 Å². The average molecular weight is 257 g/mol. The summed E-state index contributed by atoms with van der Waals surface area (Å²) in [4.78, 5) is 10.8. The highest BCUT2D eigenvalue weighted by Crippen LogP contribution is 2.34. The lowest BCUT2D eigenvalue weighted by molar-refractivity contribution is -0.137. The van der Waals surface area contributed by atoms with Gasteiger partial charge in [-0.2, -0.15) is 0 Å². The van der Waals surface area contributed by atoms with E-state index in [9.17, 15) is 4.79 Å². The molecule has 19 heavy (non-hydrogen) atoms. The number of carboxylic acids is 1. The normalized spacial score (nSPS) is 18.5. The molecule has 3 rings (SSSR count). The molecule has 2 aromatic rings. The van der Waals surface area contributed by atoms with Crippen molar-refractivity contribution in [3.05, 3.63) is 35.5 Å². The van der Waals surface area contributed by atoms with Crippen molar-refractivity contribution in [3.8, 4) is 0 Å². The first-order valence-electron chi connectivity index (χ1n) is 6.97. The zero-order valence-electron chi connectivity index (χ0n) is 11.2. The van der Waals surface area contributed by atoms with Crippen LogP contribution in [0, 0.1) is 5.92 Å². The minimum Gasteiger partial charge on any atom is -0.481 e. The molecular weight excluding hydrogens is 238 g/mol. The number of fused-ring (bicyclic) bond motifs is 3. The predicted octanol–water partition coefficient (Wildman–Crippen LogP) is 3.24. The number of carboxylic acid groups (broad SMARTS) is 1. The average Bonchev–Trinajstić information content (AvgIpc) is 2.70. The molecule has 1 heterocycles. The van der Waals surface area contributed by atoms with E-state index in [-0.39, 0.29) is 6.42 Å². The predicted molar refractivity (Wildman–Crippen MR) is 75.4 cm³/mol. The Labute approximate surface area is 112 Å². The third kappa shape index (κ3) is 2.14. The number of aliphatic carboxylic acids is 1. The highest BCUT2D eigenvalue weighted by atomic mass is 16.4. The largest absolute Gasteiger partial charge is 0.481 e. The summed E-state index contributed by atoms with van der Waals surface area (Å²) in [6.07, 6.45) is 3.60. The summed E-state index contributed by atoms with van der Waals surface area (Å²) in [6.45, 7) is 2.88. The lowest BCUT2D eigenvalue weighted by Gasteiger charge is -2.20. The topological polar surface area (TPSA) is 42.2 Å². The van der Waals surface area contributed by atoms with Crippen molar-refractivity contribution in [2.24, 2.45) is 5.92 Å². The summed E-state index contributed by atoms with van der Waals surface area (Å²) < 4.78 is 2.23. The molecule has 0 radical (unpaired) electrons. The first kappa shape index (κ1) is 12.3. The van der Waals surface area contributed by atoms with Crippen molar-refractivity contribution in [1.29, 1.82) is 0 Å². The van der Waals surface area contributed by atoms with Gasteiger partial charge in [-0.05, 0) is 36.8 Å². The lowest BCUT2D eigenvalue weighted by atomic mass is 9.88.